The topological polar surface area (TPSA) is 61.5 Å². The highest BCUT2D eigenvalue weighted by atomic mass is 16.5. The summed E-state index contributed by atoms with van der Waals surface area (Å²) in [6.45, 7) is 3.53. The van der Waals surface area contributed by atoms with Crippen molar-refractivity contribution in [2.24, 2.45) is 0 Å². The van der Waals surface area contributed by atoms with Gasteiger partial charge in [-0.2, -0.15) is 0 Å². The predicted molar refractivity (Wildman–Crippen MR) is 146 cm³/mol. The van der Waals surface area contributed by atoms with Crippen molar-refractivity contribution in [2.45, 2.75) is 31.7 Å². The van der Waals surface area contributed by atoms with Crippen molar-refractivity contribution in [3.63, 3.8) is 0 Å². The molecule has 7 rings (SSSR count). The number of carbonyl (C=O) groups excluding carboxylic acids is 1. The van der Waals surface area contributed by atoms with Crippen LogP contribution in [-0.4, -0.2) is 47.0 Å². The number of anilines is 1. The number of hydrogen-bond acceptors (Lipinski definition) is 4. The summed E-state index contributed by atoms with van der Waals surface area (Å²) in [5.41, 5.74) is 6.82. The number of carbonyl (C=O) groups is 1. The molecule has 1 amide bonds. The van der Waals surface area contributed by atoms with E-state index in [1.165, 1.54) is 29.4 Å². The summed E-state index contributed by atoms with van der Waals surface area (Å²) in [4.78, 5) is 26.3. The SMILES string of the molecule is O=C(C=Cc1ccc(N2CCCC2)nc1)N1CCc2c([nH]c3ccccc23)[C@H]1c1ccc2c(c1)CCO2. The Kier molecular flexibility index (Phi) is 5.46. The number of H-pyrrole nitrogens is 1. The maximum absolute atomic E-state index is 13.7. The van der Waals surface area contributed by atoms with E-state index in [9.17, 15) is 4.79 Å². The molecule has 0 saturated carbocycles. The van der Waals surface area contributed by atoms with Crippen LogP contribution in [0.3, 0.4) is 0 Å². The maximum Gasteiger partial charge on any atom is 0.247 e. The quantitative estimate of drug-likeness (QED) is 0.395. The number of fused-ring (bicyclic) bond motifs is 4. The van der Waals surface area contributed by atoms with Crippen LogP contribution in [0.15, 0.2) is 66.9 Å². The van der Waals surface area contributed by atoms with Crippen molar-refractivity contribution in [3.8, 4) is 5.75 Å². The van der Waals surface area contributed by atoms with Crippen molar-refractivity contribution in [1.29, 1.82) is 0 Å². The third-order valence-electron chi connectivity index (χ3n) is 7.97. The third kappa shape index (κ3) is 3.97. The van der Waals surface area contributed by atoms with Gasteiger partial charge in [-0.25, -0.2) is 4.98 Å². The van der Waals surface area contributed by atoms with Crippen LogP contribution in [0.1, 0.15) is 46.8 Å². The molecule has 6 heteroatoms. The monoisotopic (exact) mass is 490 g/mol. The molecule has 1 atom stereocenters. The van der Waals surface area contributed by atoms with Crippen molar-refractivity contribution in [2.75, 3.05) is 31.1 Å². The molecule has 1 saturated heterocycles. The Morgan fingerprint density at radius 3 is 2.78 bits per heavy atom. The lowest BCUT2D eigenvalue weighted by atomic mass is 9.91. The molecule has 5 heterocycles. The number of nitrogens with one attached hydrogen (secondary N) is 1. The van der Waals surface area contributed by atoms with E-state index >= 15 is 0 Å². The Labute approximate surface area is 216 Å². The zero-order valence-corrected chi connectivity index (χ0v) is 20.8. The minimum atomic E-state index is -0.171. The van der Waals surface area contributed by atoms with Crippen LogP contribution in [0.5, 0.6) is 5.75 Å². The summed E-state index contributed by atoms with van der Waals surface area (Å²) in [6, 6.07) is 18.8. The molecule has 1 fully saturated rings. The van der Waals surface area contributed by atoms with Gasteiger partial charge in [0.2, 0.25) is 5.91 Å². The van der Waals surface area contributed by atoms with Gasteiger partial charge in [0.15, 0.2) is 0 Å². The standard InChI is InChI=1S/C31H30N4O2/c36-29(12-8-21-7-11-28(32-20-21)34-15-3-4-16-34)35-17-13-25-24-5-1-2-6-26(24)33-30(25)31(35)23-9-10-27-22(19-23)14-18-37-27/h1-2,5-12,19-20,31,33H,3-4,13-18H2/t31-/m1/s1. The van der Waals surface area contributed by atoms with Crippen molar-refractivity contribution in [3.05, 3.63) is 94.8 Å². The zero-order chi connectivity index (χ0) is 24.8. The second-order valence-electron chi connectivity index (χ2n) is 10.2. The largest absolute Gasteiger partial charge is 0.493 e. The molecular weight excluding hydrogens is 460 g/mol. The molecule has 0 radical (unpaired) electrons. The summed E-state index contributed by atoms with van der Waals surface area (Å²) >= 11 is 0. The van der Waals surface area contributed by atoms with E-state index in [1.807, 2.05) is 17.2 Å². The molecule has 37 heavy (non-hydrogen) atoms. The lowest BCUT2D eigenvalue weighted by molar-refractivity contribution is -0.128. The van der Waals surface area contributed by atoms with Crippen molar-refractivity contribution in [1.82, 2.24) is 14.9 Å². The number of nitrogens with zero attached hydrogens (tertiary/aromatic N) is 3. The summed E-state index contributed by atoms with van der Waals surface area (Å²) in [6.07, 6.45) is 9.64. The Morgan fingerprint density at radius 1 is 1.03 bits per heavy atom. The van der Waals surface area contributed by atoms with Crippen molar-refractivity contribution >= 4 is 28.7 Å². The number of ether oxygens (including phenoxy) is 1. The molecule has 2 aromatic carbocycles. The van der Waals surface area contributed by atoms with Gasteiger partial charge in [-0.15, -0.1) is 0 Å². The minimum Gasteiger partial charge on any atom is -0.493 e. The first-order chi connectivity index (χ1) is 18.2. The van der Waals surface area contributed by atoms with Gasteiger partial charge in [-0.1, -0.05) is 24.3 Å². The van der Waals surface area contributed by atoms with Gasteiger partial charge in [0, 0.05) is 54.9 Å². The summed E-state index contributed by atoms with van der Waals surface area (Å²) in [7, 11) is 0. The fourth-order valence-electron chi connectivity index (χ4n) is 6.09. The van der Waals surface area contributed by atoms with E-state index in [1.54, 1.807) is 6.08 Å². The summed E-state index contributed by atoms with van der Waals surface area (Å²) < 4.78 is 5.75. The van der Waals surface area contributed by atoms with E-state index < -0.39 is 0 Å². The van der Waals surface area contributed by atoms with Crippen LogP contribution >= 0.6 is 0 Å². The highest BCUT2D eigenvalue weighted by Gasteiger charge is 2.34. The van der Waals surface area contributed by atoms with Crippen LogP contribution in [0, 0.1) is 0 Å². The van der Waals surface area contributed by atoms with Gasteiger partial charge in [-0.05, 0) is 77.9 Å². The summed E-state index contributed by atoms with van der Waals surface area (Å²) in [5.74, 6) is 1.98. The first-order valence-corrected chi connectivity index (χ1v) is 13.3. The molecular formula is C31H30N4O2. The minimum absolute atomic E-state index is 0.00896. The first kappa shape index (κ1) is 22.2. The lowest BCUT2D eigenvalue weighted by Crippen LogP contribution is -2.39. The predicted octanol–water partition coefficient (Wildman–Crippen LogP) is 5.29. The molecule has 4 aromatic rings. The first-order valence-electron chi connectivity index (χ1n) is 13.3. The van der Waals surface area contributed by atoms with Gasteiger partial charge in [-0.3, -0.25) is 4.79 Å². The molecule has 1 N–H and O–H groups in total. The van der Waals surface area contributed by atoms with Crippen LogP contribution in [0.4, 0.5) is 5.82 Å². The van der Waals surface area contributed by atoms with Gasteiger partial charge < -0.3 is 19.5 Å². The fraction of sp³-hybridized carbons (Fsp3) is 0.290. The smallest absolute Gasteiger partial charge is 0.247 e. The number of pyridine rings is 1. The normalized spacial score (nSPS) is 18.9. The van der Waals surface area contributed by atoms with Crippen LogP contribution < -0.4 is 9.64 Å². The van der Waals surface area contributed by atoms with Crippen LogP contribution in [0.2, 0.25) is 0 Å². The lowest BCUT2D eigenvalue weighted by Gasteiger charge is -2.36. The average molecular weight is 491 g/mol. The highest BCUT2D eigenvalue weighted by Crippen LogP contribution is 2.40. The van der Waals surface area contributed by atoms with Crippen LogP contribution in [0.25, 0.3) is 17.0 Å². The Hall–Kier alpha value is -4.06. The molecule has 186 valence electrons. The second kappa shape index (κ2) is 9.11. The Bertz CT molecular complexity index is 1500. The number of aromatic nitrogens is 2. The number of amides is 1. The zero-order valence-electron chi connectivity index (χ0n) is 20.8. The third-order valence-corrected chi connectivity index (χ3v) is 7.97. The number of para-hydroxylation sites is 1. The molecule has 0 unspecified atom stereocenters. The van der Waals surface area contributed by atoms with Gasteiger partial charge >= 0.3 is 0 Å². The molecule has 2 aromatic heterocycles. The molecule has 0 aliphatic carbocycles. The number of aromatic amines is 1. The van der Waals surface area contributed by atoms with E-state index in [-0.39, 0.29) is 11.9 Å². The fourth-order valence-corrected chi connectivity index (χ4v) is 6.09. The van der Waals surface area contributed by atoms with Crippen molar-refractivity contribution < 1.29 is 9.53 Å². The molecule has 0 bridgehead atoms. The number of hydrogen-bond donors (Lipinski definition) is 1. The number of rotatable bonds is 4. The van der Waals surface area contributed by atoms with Gasteiger partial charge in [0.1, 0.15) is 11.6 Å². The van der Waals surface area contributed by atoms with E-state index in [4.69, 9.17) is 4.74 Å². The number of benzene rings is 2. The van der Waals surface area contributed by atoms with Crippen LogP contribution in [-0.2, 0) is 17.6 Å². The Balaban J connectivity index is 1.21. The molecule has 0 spiro atoms. The van der Waals surface area contributed by atoms with Gasteiger partial charge in [0.25, 0.3) is 0 Å². The molecule has 6 nitrogen and oxygen atoms in total. The molecule has 3 aliphatic rings. The summed E-state index contributed by atoms with van der Waals surface area (Å²) in [5, 5.41) is 1.25. The highest BCUT2D eigenvalue weighted by molar-refractivity contribution is 5.93. The van der Waals surface area contributed by atoms with Gasteiger partial charge in [0.05, 0.1) is 12.6 Å². The van der Waals surface area contributed by atoms with E-state index in [0.717, 1.165) is 66.4 Å². The average Bonchev–Trinajstić information content (AvgIpc) is 3.71. The second-order valence-corrected chi connectivity index (χ2v) is 10.2. The van der Waals surface area contributed by atoms with E-state index in [0.29, 0.717) is 6.54 Å². The van der Waals surface area contributed by atoms with E-state index in [2.05, 4.69) is 69.5 Å². The Morgan fingerprint density at radius 2 is 1.92 bits per heavy atom. The maximum atomic E-state index is 13.7. The molecule has 3 aliphatic heterocycles.